The van der Waals surface area contributed by atoms with Crippen molar-refractivity contribution in [1.29, 1.82) is 0 Å². The molecule has 0 aromatic heterocycles. The minimum Gasteiger partial charge on any atom is -0.481 e. The van der Waals surface area contributed by atoms with E-state index in [1.165, 1.54) is 0 Å². The fourth-order valence-corrected chi connectivity index (χ4v) is 2.91. The number of hydrogen-bond donors (Lipinski definition) is 2. The van der Waals surface area contributed by atoms with Gasteiger partial charge < -0.3 is 15.3 Å². The normalized spacial score (nSPS) is 22.5. The number of nitrogens with zero attached hydrogens (tertiary/aromatic N) is 1. The minimum absolute atomic E-state index is 0.104. The molecule has 0 aromatic carbocycles. The number of hydrogen-bond acceptors (Lipinski definition) is 3. The van der Waals surface area contributed by atoms with Crippen molar-refractivity contribution in [2.75, 3.05) is 19.6 Å². The number of rotatable bonds is 7. The first-order valence-electron chi connectivity index (χ1n) is 7.55. The molecule has 1 rings (SSSR count). The zero-order chi connectivity index (χ0) is 15.3. The first kappa shape index (κ1) is 17.0. The molecule has 1 saturated heterocycles. The third-order valence-corrected chi connectivity index (χ3v) is 4.39. The largest absolute Gasteiger partial charge is 0.481 e. The van der Waals surface area contributed by atoms with Gasteiger partial charge in [0.15, 0.2) is 0 Å². The fourth-order valence-electron chi connectivity index (χ4n) is 2.91. The maximum atomic E-state index is 13.0. The van der Waals surface area contributed by atoms with Gasteiger partial charge in [0.25, 0.3) is 0 Å². The molecule has 0 spiro atoms. The molecule has 1 fully saturated rings. The molecule has 0 radical (unpaired) electrons. The fraction of sp³-hybridized carbons (Fsp3) is 0.867. The predicted octanol–water partition coefficient (Wildman–Crippen LogP) is 1.72. The van der Waals surface area contributed by atoms with Crippen LogP contribution in [0.4, 0.5) is 0 Å². The third-order valence-electron chi connectivity index (χ3n) is 4.39. The van der Waals surface area contributed by atoms with Crippen LogP contribution in [-0.2, 0) is 9.59 Å². The molecule has 0 saturated carbocycles. The number of amides is 1. The predicted molar refractivity (Wildman–Crippen MR) is 78.5 cm³/mol. The van der Waals surface area contributed by atoms with Gasteiger partial charge >= 0.3 is 5.97 Å². The van der Waals surface area contributed by atoms with Gasteiger partial charge in [-0.2, -0.15) is 0 Å². The molecule has 5 heteroatoms. The second-order valence-electron chi connectivity index (χ2n) is 6.33. The molecule has 1 atom stereocenters. The minimum atomic E-state index is -0.803. The summed E-state index contributed by atoms with van der Waals surface area (Å²) in [5.74, 6) is -0.342. The lowest BCUT2D eigenvalue weighted by atomic mass is 9.75. The summed E-state index contributed by atoms with van der Waals surface area (Å²) < 4.78 is 0. The van der Waals surface area contributed by atoms with Crippen molar-refractivity contribution in [2.45, 2.75) is 53.0 Å². The molecule has 0 bridgehead atoms. The summed E-state index contributed by atoms with van der Waals surface area (Å²) in [6.45, 7) is 10.3. The van der Waals surface area contributed by atoms with Crippen LogP contribution in [0.2, 0.25) is 0 Å². The number of carboxylic acids is 1. The Bertz CT molecular complexity index is 347. The van der Waals surface area contributed by atoms with Gasteiger partial charge in [-0.15, -0.1) is 0 Å². The average molecular weight is 284 g/mol. The van der Waals surface area contributed by atoms with Crippen molar-refractivity contribution in [1.82, 2.24) is 10.2 Å². The molecule has 116 valence electrons. The summed E-state index contributed by atoms with van der Waals surface area (Å²) in [7, 11) is 0. The van der Waals surface area contributed by atoms with Crippen LogP contribution < -0.4 is 5.32 Å². The average Bonchev–Trinajstić information content (AvgIpc) is 2.83. The van der Waals surface area contributed by atoms with E-state index in [-0.39, 0.29) is 29.7 Å². The zero-order valence-corrected chi connectivity index (χ0v) is 13.1. The molecule has 1 unspecified atom stereocenters. The Morgan fingerprint density at radius 1 is 1.30 bits per heavy atom. The van der Waals surface area contributed by atoms with Crippen molar-refractivity contribution >= 4 is 11.9 Å². The van der Waals surface area contributed by atoms with E-state index < -0.39 is 5.97 Å². The Hall–Kier alpha value is -1.10. The first-order valence-corrected chi connectivity index (χ1v) is 7.55. The van der Waals surface area contributed by atoms with Crippen LogP contribution >= 0.6 is 0 Å². The first-order chi connectivity index (χ1) is 9.31. The monoisotopic (exact) mass is 284 g/mol. The number of carbonyl (C=O) groups excluding carboxylic acids is 1. The van der Waals surface area contributed by atoms with Crippen molar-refractivity contribution in [3.63, 3.8) is 0 Å². The maximum absolute atomic E-state index is 13.0. The lowest BCUT2D eigenvalue weighted by Crippen LogP contribution is -2.51. The summed E-state index contributed by atoms with van der Waals surface area (Å²) in [5.41, 5.74) is -0.326. The highest BCUT2D eigenvalue weighted by atomic mass is 16.4. The van der Waals surface area contributed by atoms with E-state index in [0.717, 1.165) is 19.5 Å². The molecule has 20 heavy (non-hydrogen) atoms. The molecule has 1 heterocycles. The number of nitrogens with one attached hydrogen (secondary N) is 1. The highest BCUT2D eigenvalue weighted by Gasteiger charge is 2.46. The summed E-state index contributed by atoms with van der Waals surface area (Å²) >= 11 is 0. The molecule has 1 aliphatic heterocycles. The lowest BCUT2D eigenvalue weighted by Gasteiger charge is -2.38. The highest BCUT2D eigenvalue weighted by molar-refractivity contribution is 5.84. The molecular weight excluding hydrogens is 256 g/mol. The molecule has 0 aromatic rings. The summed E-state index contributed by atoms with van der Waals surface area (Å²) in [6.07, 6.45) is 1.50. The Morgan fingerprint density at radius 3 is 2.35 bits per heavy atom. The van der Waals surface area contributed by atoms with Crippen LogP contribution in [0.25, 0.3) is 0 Å². The van der Waals surface area contributed by atoms with Crippen molar-refractivity contribution in [3.8, 4) is 0 Å². The summed E-state index contributed by atoms with van der Waals surface area (Å²) in [6, 6.07) is 0.104. The zero-order valence-electron chi connectivity index (χ0n) is 13.1. The quantitative estimate of drug-likeness (QED) is 0.747. The van der Waals surface area contributed by atoms with Gasteiger partial charge in [-0.05, 0) is 39.2 Å². The second-order valence-corrected chi connectivity index (χ2v) is 6.33. The Labute approximate surface area is 121 Å². The van der Waals surface area contributed by atoms with Crippen LogP contribution in [0.5, 0.6) is 0 Å². The lowest BCUT2D eigenvalue weighted by molar-refractivity contribution is -0.146. The number of carboxylic acid groups (broad SMARTS) is 1. The topological polar surface area (TPSA) is 69.6 Å². The molecule has 2 N–H and O–H groups in total. The van der Waals surface area contributed by atoms with E-state index in [0.29, 0.717) is 13.0 Å². The van der Waals surface area contributed by atoms with Crippen molar-refractivity contribution in [3.05, 3.63) is 0 Å². The SMILES string of the molecule is CC(C)N(CCCC(=O)O)C(=O)C1(C(C)C)CCNC1. The van der Waals surface area contributed by atoms with Crippen LogP contribution in [0.3, 0.4) is 0 Å². The van der Waals surface area contributed by atoms with Gasteiger partial charge in [-0.1, -0.05) is 13.8 Å². The molecule has 1 amide bonds. The summed E-state index contributed by atoms with van der Waals surface area (Å²) in [4.78, 5) is 25.5. The van der Waals surface area contributed by atoms with Crippen LogP contribution in [0.1, 0.15) is 47.0 Å². The van der Waals surface area contributed by atoms with E-state index in [2.05, 4.69) is 19.2 Å². The summed E-state index contributed by atoms with van der Waals surface area (Å²) in [5, 5.41) is 12.0. The number of carbonyl (C=O) groups is 2. The van der Waals surface area contributed by atoms with Crippen molar-refractivity contribution in [2.24, 2.45) is 11.3 Å². The van der Waals surface area contributed by atoms with Gasteiger partial charge in [-0.25, -0.2) is 0 Å². The number of aliphatic carboxylic acids is 1. The standard InChI is InChI=1S/C15H28N2O3/c1-11(2)15(7-8-16-10-15)14(20)17(12(3)4)9-5-6-13(18)19/h11-12,16H,5-10H2,1-4H3,(H,18,19). The van der Waals surface area contributed by atoms with E-state index in [1.807, 2.05) is 18.7 Å². The van der Waals surface area contributed by atoms with Crippen molar-refractivity contribution < 1.29 is 14.7 Å². The van der Waals surface area contributed by atoms with E-state index in [4.69, 9.17) is 5.11 Å². The highest BCUT2D eigenvalue weighted by Crippen LogP contribution is 2.36. The third kappa shape index (κ3) is 3.72. The molecule has 5 nitrogen and oxygen atoms in total. The molecule has 0 aliphatic carbocycles. The second kappa shape index (κ2) is 7.07. The Kier molecular flexibility index (Phi) is 5.99. The Balaban J connectivity index is 2.79. The maximum Gasteiger partial charge on any atom is 0.303 e. The van der Waals surface area contributed by atoms with E-state index in [1.54, 1.807) is 0 Å². The Morgan fingerprint density at radius 2 is 1.95 bits per heavy atom. The van der Waals surface area contributed by atoms with Crippen LogP contribution in [0.15, 0.2) is 0 Å². The van der Waals surface area contributed by atoms with Gasteiger partial charge in [0.1, 0.15) is 0 Å². The smallest absolute Gasteiger partial charge is 0.303 e. The molecular formula is C15H28N2O3. The van der Waals surface area contributed by atoms with Gasteiger partial charge in [0.05, 0.1) is 5.41 Å². The van der Waals surface area contributed by atoms with Gasteiger partial charge in [0, 0.05) is 25.6 Å². The van der Waals surface area contributed by atoms with Crippen LogP contribution in [-0.4, -0.2) is 47.6 Å². The van der Waals surface area contributed by atoms with E-state index >= 15 is 0 Å². The van der Waals surface area contributed by atoms with Crippen LogP contribution in [0, 0.1) is 11.3 Å². The van der Waals surface area contributed by atoms with Gasteiger partial charge in [-0.3, -0.25) is 9.59 Å². The molecule has 1 aliphatic rings. The van der Waals surface area contributed by atoms with E-state index in [9.17, 15) is 9.59 Å². The van der Waals surface area contributed by atoms with Gasteiger partial charge in [0.2, 0.25) is 5.91 Å².